The van der Waals surface area contributed by atoms with E-state index in [-0.39, 0.29) is 18.3 Å². The summed E-state index contributed by atoms with van der Waals surface area (Å²) in [5.74, 6) is 0.388. The van der Waals surface area contributed by atoms with Crippen LogP contribution in [0.3, 0.4) is 0 Å². The van der Waals surface area contributed by atoms with Crippen LogP contribution < -0.4 is 14.4 Å². The number of methoxy groups -OCH3 is 1. The minimum atomic E-state index is -0.336. The normalized spacial score (nSPS) is 15.3. The van der Waals surface area contributed by atoms with Gasteiger partial charge in [-0.05, 0) is 81.8 Å². The van der Waals surface area contributed by atoms with E-state index in [9.17, 15) is 9.18 Å². The van der Waals surface area contributed by atoms with Crippen LogP contribution >= 0.6 is 27.7 Å². The summed E-state index contributed by atoms with van der Waals surface area (Å²) in [6.07, 6.45) is 1.80. The van der Waals surface area contributed by atoms with Gasteiger partial charge in [0.05, 0.1) is 27.9 Å². The second-order valence-electron chi connectivity index (χ2n) is 8.23. The first-order valence-electron chi connectivity index (χ1n) is 11.7. The first-order valence-corrected chi connectivity index (χ1v) is 13.3. The van der Waals surface area contributed by atoms with E-state index in [4.69, 9.17) is 14.5 Å². The Hall–Kier alpha value is -3.88. The molecule has 190 valence electrons. The van der Waals surface area contributed by atoms with Gasteiger partial charge in [-0.2, -0.15) is 0 Å². The number of thioether (sulfide) groups is 1. The van der Waals surface area contributed by atoms with Crippen molar-refractivity contribution in [3.63, 3.8) is 0 Å². The van der Waals surface area contributed by atoms with E-state index in [0.29, 0.717) is 31.6 Å². The van der Waals surface area contributed by atoms with Crippen molar-refractivity contribution >= 4 is 56.2 Å². The minimum Gasteiger partial charge on any atom is -0.493 e. The highest BCUT2D eigenvalue weighted by molar-refractivity contribution is 9.10. The van der Waals surface area contributed by atoms with Gasteiger partial charge in [0.2, 0.25) is 0 Å². The zero-order valence-corrected chi connectivity index (χ0v) is 22.7. The zero-order valence-electron chi connectivity index (χ0n) is 20.3. The monoisotopic (exact) mass is 588 g/mol. The second-order valence-corrected chi connectivity index (χ2v) is 10.1. The Morgan fingerprint density at radius 1 is 0.974 bits per heavy atom. The number of hydrogen-bond acceptors (Lipinski definition) is 5. The third kappa shape index (κ3) is 5.66. The zero-order chi connectivity index (χ0) is 26.5. The molecule has 1 aliphatic heterocycles. The van der Waals surface area contributed by atoms with Gasteiger partial charge < -0.3 is 9.47 Å². The van der Waals surface area contributed by atoms with Crippen molar-refractivity contribution in [3.05, 3.63) is 123 Å². The van der Waals surface area contributed by atoms with E-state index in [0.717, 1.165) is 16.9 Å². The summed E-state index contributed by atoms with van der Waals surface area (Å²) in [5.41, 5.74) is 2.66. The molecule has 4 aromatic rings. The van der Waals surface area contributed by atoms with Crippen LogP contribution in [-0.2, 0) is 11.4 Å². The Labute approximate surface area is 232 Å². The predicted molar refractivity (Wildman–Crippen MR) is 154 cm³/mol. The highest BCUT2D eigenvalue weighted by atomic mass is 79.9. The molecule has 4 aromatic carbocycles. The minimum absolute atomic E-state index is 0.0434. The average molecular weight is 589 g/mol. The number of amides is 1. The topological polar surface area (TPSA) is 51.1 Å². The van der Waals surface area contributed by atoms with E-state index < -0.39 is 0 Å². The molecule has 1 fully saturated rings. The quantitative estimate of drug-likeness (QED) is 0.205. The van der Waals surface area contributed by atoms with Gasteiger partial charge in [-0.3, -0.25) is 9.69 Å². The molecule has 0 N–H and O–H groups in total. The molecule has 38 heavy (non-hydrogen) atoms. The lowest BCUT2D eigenvalue weighted by Crippen LogP contribution is -2.28. The summed E-state index contributed by atoms with van der Waals surface area (Å²) >= 11 is 4.85. The molecule has 0 spiro atoms. The summed E-state index contributed by atoms with van der Waals surface area (Å²) in [5, 5.41) is 0.564. The third-order valence-corrected chi connectivity index (χ3v) is 7.24. The van der Waals surface area contributed by atoms with E-state index >= 15 is 0 Å². The van der Waals surface area contributed by atoms with Gasteiger partial charge in [-0.1, -0.05) is 54.6 Å². The molecule has 5 nitrogen and oxygen atoms in total. The number of carbonyl (C=O) groups is 1. The number of hydrogen-bond donors (Lipinski definition) is 0. The Kier molecular flexibility index (Phi) is 7.91. The van der Waals surface area contributed by atoms with Gasteiger partial charge in [0.15, 0.2) is 16.7 Å². The highest BCUT2D eigenvalue weighted by Crippen LogP contribution is 2.41. The SMILES string of the molecule is COc1cc(/C=C2/SC(=Nc3ccccc3)N(c3ccccc3)C2=O)cc(Br)c1OCc1ccccc1F. The van der Waals surface area contributed by atoms with Gasteiger partial charge in [0, 0.05) is 5.56 Å². The van der Waals surface area contributed by atoms with Crippen LogP contribution in [0, 0.1) is 5.82 Å². The van der Waals surface area contributed by atoms with Crippen LogP contribution in [0.15, 0.2) is 111 Å². The molecule has 0 unspecified atom stereocenters. The second kappa shape index (κ2) is 11.7. The number of rotatable bonds is 7. The lowest BCUT2D eigenvalue weighted by atomic mass is 10.1. The van der Waals surface area contributed by atoms with Gasteiger partial charge in [-0.15, -0.1) is 0 Å². The van der Waals surface area contributed by atoms with Crippen molar-refractivity contribution in [1.29, 1.82) is 0 Å². The van der Waals surface area contributed by atoms with Gasteiger partial charge in [-0.25, -0.2) is 9.38 Å². The summed E-state index contributed by atoms with van der Waals surface area (Å²) < 4.78 is 26.1. The molecule has 0 aromatic heterocycles. The van der Waals surface area contributed by atoms with Crippen LogP contribution in [0.25, 0.3) is 6.08 Å². The Morgan fingerprint density at radius 3 is 2.37 bits per heavy atom. The Balaban J connectivity index is 1.47. The number of aliphatic imine (C=N–C) groups is 1. The molecule has 5 rings (SSSR count). The van der Waals surface area contributed by atoms with Gasteiger partial charge in [0.1, 0.15) is 12.4 Å². The van der Waals surface area contributed by atoms with Crippen molar-refractivity contribution in [2.45, 2.75) is 6.61 Å². The van der Waals surface area contributed by atoms with Crippen LogP contribution in [-0.4, -0.2) is 18.2 Å². The van der Waals surface area contributed by atoms with Crippen molar-refractivity contribution in [1.82, 2.24) is 0 Å². The molecular formula is C30H22BrFN2O3S. The van der Waals surface area contributed by atoms with Crippen LogP contribution in [0.2, 0.25) is 0 Å². The third-order valence-electron chi connectivity index (χ3n) is 5.68. The molecule has 1 saturated heterocycles. The van der Waals surface area contributed by atoms with Crippen molar-refractivity contribution in [3.8, 4) is 11.5 Å². The number of amidine groups is 1. The highest BCUT2D eigenvalue weighted by Gasteiger charge is 2.34. The summed E-state index contributed by atoms with van der Waals surface area (Å²) in [6, 6.07) is 29.0. The first-order chi connectivity index (χ1) is 18.5. The fourth-order valence-corrected chi connectivity index (χ4v) is 5.42. The van der Waals surface area contributed by atoms with E-state index in [1.54, 1.807) is 35.2 Å². The smallest absolute Gasteiger partial charge is 0.271 e. The standard InChI is InChI=1S/C30H22BrFN2O3S/c1-36-26-17-20(16-24(31)28(26)37-19-21-10-8-9-15-25(21)32)18-27-29(35)34(23-13-6-3-7-14-23)30(38-27)33-22-11-4-2-5-12-22/h2-18H,19H2,1H3/b27-18+,33-30?. The van der Waals surface area contributed by atoms with Crippen LogP contribution in [0.1, 0.15) is 11.1 Å². The number of ether oxygens (including phenoxy) is 2. The van der Waals surface area contributed by atoms with Gasteiger partial charge >= 0.3 is 0 Å². The van der Waals surface area contributed by atoms with E-state index in [1.165, 1.54) is 24.9 Å². The molecule has 1 amide bonds. The fraction of sp³-hybridized carbons (Fsp3) is 0.0667. The molecular weight excluding hydrogens is 567 g/mol. The first kappa shape index (κ1) is 25.8. The molecule has 0 radical (unpaired) electrons. The van der Waals surface area contributed by atoms with Crippen molar-refractivity contribution in [2.24, 2.45) is 4.99 Å². The predicted octanol–water partition coefficient (Wildman–Crippen LogP) is 7.98. The average Bonchev–Trinajstić information content (AvgIpc) is 3.23. The number of nitrogens with zero attached hydrogens (tertiary/aromatic N) is 2. The maximum absolute atomic E-state index is 14.0. The maximum atomic E-state index is 14.0. The largest absolute Gasteiger partial charge is 0.493 e. The summed E-state index contributed by atoms with van der Waals surface area (Å²) in [4.78, 5) is 20.4. The van der Waals surface area contributed by atoms with Gasteiger partial charge in [0.25, 0.3) is 5.91 Å². The maximum Gasteiger partial charge on any atom is 0.271 e. The summed E-state index contributed by atoms with van der Waals surface area (Å²) in [7, 11) is 1.53. The fourth-order valence-electron chi connectivity index (χ4n) is 3.85. The van der Waals surface area contributed by atoms with E-state index in [1.807, 2.05) is 66.7 Å². The lowest BCUT2D eigenvalue weighted by molar-refractivity contribution is -0.113. The molecule has 0 saturated carbocycles. The molecule has 1 aliphatic rings. The molecule has 8 heteroatoms. The number of anilines is 1. The number of halogens is 2. The number of para-hydroxylation sites is 2. The molecule has 0 bridgehead atoms. The van der Waals surface area contributed by atoms with E-state index in [2.05, 4.69) is 15.9 Å². The van der Waals surface area contributed by atoms with Crippen molar-refractivity contribution in [2.75, 3.05) is 12.0 Å². The van der Waals surface area contributed by atoms with Crippen LogP contribution in [0.4, 0.5) is 15.8 Å². The molecule has 1 heterocycles. The number of benzene rings is 4. The number of carbonyl (C=O) groups excluding carboxylic acids is 1. The van der Waals surface area contributed by atoms with Crippen LogP contribution in [0.5, 0.6) is 11.5 Å². The Bertz CT molecular complexity index is 1530. The molecule has 0 atom stereocenters. The summed E-state index contributed by atoms with van der Waals surface area (Å²) in [6.45, 7) is 0.0434. The van der Waals surface area contributed by atoms with Crippen molar-refractivity contribution < 1.29 is 18.7 Å². The Morgan fingerprint density at radius 2 is 1.66 bits per heavy atom. The lowest BCUT2D eigenvalue weighted by Gasteiger charge is -2.15. The molecule has 0 aliphatic carbocycles.